The smallest absolute Gasteiger partial charge is 0.137 e. The predicted molar refractivity (Wildman–Crippen MR) is 122 cm³/mol. The molecule has 0 aliphatic heterocycles. The maximum Gasteiger partial charge on any atom is 0.137 e. The molecule has 0 saturated heterocycles. The number of aliphatic hydroxyl groups excluding tert-OH is 2. The van der Waals surface area contributed by atoms with Crippen LogP contribution < -0.4 is 5.32 Å². The third-order valence-electron chi connectivity index (χ3n) is 4.90. The van der Waals surface area contributed by atoms with E-state index in [2.05, 4.69) is 49.5 Å². The van der Waals surface area contributed by atoms with Crippen LogP contribution in [0.2, 0.25) is 15.5 Å². The quantitative estimate of drug-likeness (QED) is 0.455. The number of anilines is 1. The van der Waals surface area contributed by atoms with E-state index in [9.17, 15) is 0 Å². The summed E-state index contributed by atoms with van der Waals surface area (Å²) in [7, 11) is 0. The van der Waals surface area contributed by atoms with Gasteiger partial charge in [0.2, 0.25) is 0 Å². The van der Waals surface area contributed by atoms with Gasteiger partial charge in [0.1, 0.15) is 33.9 Å². The molecule has 0 amide bonds. The van der Waals surface area contributed by atoms with Crippen molar-refractivity contribution in [3.05, 3.63) is 74.6 Å². The number of nitrogens with zero attached hydrogens (tertiary/aromatic N) is 4. The molecule has 1 aliphatic rings. The van der Waals surface area contributed by atoms with Crippen molar-refractivity contribution < 1.29 is 10.2 Å². The van der Waals surface area contributed by atoms with Gasteiger partial charge in [-0.1, -0.05) is 59.1 Å². The molecule has 0 spiro atoms. The molecule has 0 bridgehead atoms. The minimum absolute atomic E-state index is 0.00713. The Balaban J connectivity index is 0.000000210. The Morgan fingerprint density at radius 2 is 1.42 bits per heavy atom. The van der Waals surface area contributed by atoms with Crippen LogP contribution in [-0.2, 0) is 19.3 Å². The van der Waals surface area contributed by atoms with Crippen LogP contribution in [0.4, 0.5) is 5.82 Å². The fourth-order valence-electron chi connectivity index (χ4n) is 3.41. The second-order valence-electron chi connectivity index (χ2n) is 6.81. The molecule has 1 atom stereocenters. The lowest BCUT2D eigenvalue weighted by molar-refractivity contribution is 0.299. The summed E-state index contributed by atoms with van der Waals surface area (Å²) < 4.78 is 0. The van der Waals surface area contributed by atoms with E-state index in [-0.39, 0.29) is 19.3 Å². The first-order valence-corrected chi connectivity index (χ1v) is 10.9. The number of hydrogen-bond acceptors (Lipinski definition) is 7. The molecule has 0 radical (unpaired) electrons. The molecule has 10 heteroatoms. The molecule has 0 unspecified atom stereocenters. The lowest BCUT2D eigenvalue weighted by Crippen LogP contribution is -2.12. The molecule has 2 heterocycles. The van der Waals surface area contributed by atoms with Crippen molar-refractivity contribution in [3.8, 4) is 0 Å². The Labute approximate surface area is 195 Å². The second kappa shape index (κ2) is 11.5. The van der Waals surface area contributed by atoms with Crippen molar-refractivity contribution >= 4 is 40.6 Å². The van der Waals surface area contributed by atoms with E-state index in [4.69, 9.17) is 45.0 Å². The average molecular weight is 483 g/mol. The summed E-state index contributed by atoms with van der Waals surface area (Å²) >= 11 is 17.4. The molecule has 3 aromatic rings. The number of aromatic nitrogens is 4. The lowest BCUT2D eigenvalue weighted by Gasteiger charge is -2.17. The number of hydrogen-bond donors (Lipinski definition) is 3. The third-order valence-corrected chi connectivity index (χ3v) is 5.88. The first-order valence-electron chi connectivity index (χ1n) is 9.75. The van der Waals surface area contributed by atoms with Gasteiger partial charge in [0.25, 0.3) is 0 Å². The molecule has 1 aromatic carbocycles. The van der Waals surface area contributed by atoms with E-state index in [1.165, 1.54) is 23.8 Å². The summed E-state index contributed by atoms with van der Waals surface area (Å²) in [5.41, 5.74) is 4.07. The van der Waals surface area contributed by atoms with Crippen molar-refractivity contribution in [2.75, 3.05) is 18.5 Å². The first-order chi connectivity index (χ1) is 15.0. The highest BCUT2D eigenvalue weighted by molar-refractivity contribution is 6.34. The van der Waals surface area contributed by atoms with Gasteiger partial charge in [-0.3, -0.25) is 0 Å². The van der Waals surface area contributed by atoms with Crippen LogP contribution in [0, 0.1) is 0 Å². The molecule has 4 rings (SSSR count). The van der Waals surface area contributed by atoms with E-state index in [0.717, 1.165) is 24.2 Å². The summed E-state index contributed by atoms with van der Waals surface area (Å²) in [4.78, 5) is 15.7. The van der Waals surface area contributed by atoms with Gasteiger partial charge in [0.05, 0.1) is 6.04 Å². The fourth-order valence-corrected chi connectivity index (χ4v) is 4.14. The minimum atomic E-state index is -0.00713. The van der Waals surface area contributed by atoms with E-state index in [1.54, 1.807) is 0 Å². The van der Waals surface area contributed by atoms with Gasteiger partial charge < -0.3 is 15.5 Å². The van der Waals surface area contributed by atoms with Gasteiger partial charge in [-0.05, 0) is 24.0 Å². The summed E-state index contributed by atoms with van der Waals surface area (Å²) in [6.07, 6.45) is 5.69. The minimum Gasteiger partial charge on any atom is -0.396 e. The number of nitrogens with one attached hydrogen (secondary N) is 1. The van der Waals surface area contributed by atoms with Gasteiger partial charge in [0, 0.05) is 37.2 Å². The zero-order valence-corrected chi connectivity index (χ0v) is 18.9. The highest BCUT2D eigenvalue weighted by atomic mass is 35.5. The Kier molecular flexibility index (Phi) is 8.80. The zero-order valence-electron chi connectivity index (χ0n) is 16.6. The topological polar surface area (TPSA) is 104 Å². The van der Waals surface area contributed by atoms with Crippen LogP contribution in [0.25, 0.3) is 0 Å². The number of rotatable bonds is 6. The summed E-state index contributed by atoms with van der Waals surface area (Å²) in [6, 6.07) is 8.68. The molecule has 2 aromatic heterocycles. The normalized spacial score (nSPS) is 14.5. The largest absolute Gasteiger partial charge is 0.396 e. The van der Waals surface area contributed by atoms with Crippen molar-refractivity contribution in [3.63, 3.8) is 0 Å². The first kappa shape index (κ1) is 23.6. The molecule has 1 aliphatic carbocycles. The Morgan fingerprint density at radius 1 is 0.839 bits per heavy atom. The van der Waals surface area contributed by atoms with Gasteiger partial charge in [-0.2, -0.15) is 0 Å². The Bertz CT molecular complexity index is 1000. The van der Waals surface area contributed by atoms with Gasteiger partial charge in [-0.25, -0.2) is 19.9 Å². The molecular formula is C21H22Cl3N5O2. The van der Waals surface area contributed by atoms with Crippen LogP contribution in [0.5, 0.6) is 0 Å². The molecular weight excluding hydrogens is 461 g/mol. The maximum absolute atomic E-state index is 9.15. The molecule has 0 fully saturated rings. The Morgan fingerprint density at radius 3 is 2.10 bits per heavy atom. The van der Waals surface area contributed by atoms with Crippen molar-refractivity contribution in [1.29, 1.82) is 0 Å². The number of benzene rings is 1. The molecule has 7 nitrogen and oxygen atoms in total. The number of aryl methyl sites for hydroxylation is 1. The fraction of sp³-hybridized carbons (Fsp3) is 0.333. The van der Waals surface area contributed by atoms with Crippen molar-refractivity contribution in [2.24, 2.45) is 0 Å². The standard InChI is InChI=1S/C15H16ClN3O.C6H6Cl2N2O/c16-14-12(7-8-20)15(18-9-17-14)19-13-6-5-10-3-1-2-4-11(10)13;7-5-4(1-2-11)6(8)10-3-9-5/h1-4,9,13,20H,5-8H2,(H,17,18,19);3,11H,1-2H2/t13-;/m0./s1. The van der Waals surface area contributed by atoms with Gasteiger partial charge >= 0.3 is 0 Å². The van der Waals surface area contributed by atoms with E-state index in [0.29, 0.717) is 33.9 Å². The number of fused-ring (bicyclic) bond motifs is 1. The van der Waals surface area contributed by atoms with E-state index < -0.39 is 0 Å². The van der Waals surface area contributed by atoms with Crippen LogP contribution in [0.3, 0.4) is 0 Å². The zero-order chi connectivity index (χ0) is 22.2. The molecule has 31 heavy (non-hydrogen) atoms. The molecule has 164 valence electrons. The highest BCUT2D eigenvalue weighted by Gasteiger charge is 2.23. The SMILES string of the molecule is OCCc1c(Cl)ncnc1Cl.OCCc1c(Cl)ncnc1N[C@H]1CCc2ccccc21. The van der Waals surface area contributed by atoms with Crippen LogP contribution in [-0.4, -0.2) is 43.4 Å². The van der Waals surface area contributed by atoms with Crippen LogP contribution in [0.1, 0.15) is 34.7 Å². The molecule has 3 N–H and O–H groups in total. The number of halogens is 3. The van der Waals surface area contributed by atoms with Gasteiger partial charge in [-0.15, -0.1) is 0 Å². The van der Waals surface area contributed by atoms with Crippen LogP contribution in [0.15, 0.2) is 36.9 Å². The predicted octanol–water partition coefficient (Wildman–Crippen LogP) is 4.08. The van der Waals surface area contributed by atoms with E-state index in [1.807, 2.05) is 0 Å². The number of aliphatic hydroxyl groups is 2. The lowest BCUT2D eigenvalue weighted by atomic mass is 10.1. The third kappa shape index (κ3) is 6.02. The van der Waals surface area contributed by atoms with E-state index >= 15 is 0 Å². The van der Waals surface area contributed by atoms with Crippen molar-refractivity contribution in [1.82, 2.24) is 19.9 Å². The second-order valence-corrected chi connectivity index (χ2v) is 7.88. The molecule has 0 saturated carbocycles. The summed E-state index contributed by atoms with van der Waals surface area (Å²) in [5, 5.41) is 22.2. The van der Waals surface area contributed by atoms with Crippen LogP contribution >= 0.6 is 34.8 Å². The average Bonchev–Trinajstić information content (AvgIpc) is 3.17. The van der Waals surface area contributed by atoms with Gasteiger partial charge in [0.15, 0.2) is 0 Å². The summed E-state index contributed by atoms with van der Waals surface area (Å²) in [6.45, 7) is 0.0237. The van der Waals surface area contributed by atoms with Crippen molar-refractivity contribution in [2.45, 2.75) is 31.7 Å². The summed E-state index contributed by atoms with van der Waals surface area (Å²) in [5.74, 6) is 0.723. The Hall–Kier alpha value is -2.03. The maximum atomic E-state index is 9.15. The highest BCUT2D eigenvalue weighted by Crippen LogP contribution is 2.34. The monoisotopic (exact) mass is 481 g/mol.